The molecule has 15 heavy (non-hydrogen) atoms. The molecule has 1 saturated heterocycles. The highest BCUT2D eigenvalue weighted by Crippen LogP contribution is 2.22. The quantitative estimate of drug-likeness (QED) is 0.688. The van der Waals surface area contributed by atoms with Gasteiger partial charge in [-0.15, -0.1) is 0 Å². The van der Waals surface area contributed by atoms with Crippen molar-refractivity contribution in [1.82, 2.24) is 0 Å². The van der Waals surface area contributed by atoms with Crippen molar-refractivity contribution in [1.29, 1.82) is 0 Å². The number of rotatable bonds is 2. The third kappa shape index (κ3) is 2.38. The SMILES string of the molecule is Cc1ccc(N2CCC(C=O)CC2)cc1. The van der Waals surface area contributed by atoms with E-state index in [4.69, 9.17) is 0 Å². The van der Waals surface area contributed by atoms with Crippen molar-refractivity contribution in [3.05, 3.63) is 29.8 Å². The van der Waals surface area contributed by atoms with E-state index in [9.17, 15) is 4.79 Å². The van der Waals surface area contributed by atoms with Gasteiger partial charge in [-0.1, -0.05) is 17.7 Å². The number of carbonyl (C=O) groups excluding carboxylic acids is 1. The van der Waals surface area contributed by atoms with Crippen LogP contribution in [0.5, 0.6) is 0 Å². The summed E-state index contributed by atoms with van der Waals surface area (Å²) in [4.78, 5) is 13.0. The predicted molar refractivity (Wildman–Crippen MR) is 62.2 cm³/mol. The minimum Gasteiger partial charge on any atom is -0.371 e. The molecule has 2 heteroatoms. The number of carbonyl (C=O) groups is 1. The third-order valence-electron chi connectivity index (χ3n) is 3.13. The van der Waals surface area contributed by atoms with Crippen molar-refractivity contribution < 1.29 is 4.79 Å². The summed E-state index contributed by atoms with van der Waals surface area (Å²) in [5, 5.41) is 0. The molecule has 0 saturated carbocycles. The Hall–Kier alpha value is -1.31. The molecule has 0 bridgehead atoms. The topological polar surface area (TPSA) is 20.3 Å². The molecule has 0 unspecified atom stereocenters. The van der Waals surface area contributed by atoms with E-state index in [0.717, 1.165) is 32.2 Å². The Morgan fingerprint density at radius 2 is 1.80 bits per heavy atom. The zero-order valence-electron chi connectivity index (χ0n) is 9.15. The first-order valence-electron chi connectivity index (χ1n) is 5.56. The monoisotopic (exact) mass is 203 g/mol. The van der Waals surface area contributed by atoms with Crippen LogP contribution in [0.1, 0.15) is 18.4 Å². The Morgan fingerprint density at radius 3 is 2.33 bits per heavy atom. The molecule has 2 nitrogen and oxygen atoms in total. The van der Waals surface area contributed by atoms with E-state index in [2.05, 4.69) is 36.1 Å². The molecule has 0 N–H and O–H groups in total. The fourth-order valence-electron chi connectivity index (χ4n) is 2.05. The van der Waals surface area contributed by atoms with E-state index in [1.54, 1.807) is 0 Å². The predicted octanol–water partition coefficient (Wildman–Crippen LogP) is 2.41. The molecule has 1 aromatic rings. The largest absolute Gasteiger partial charge is 0.371 e. The highest BCUT2D eigenvalue weighted by atomic mass is 16.1. The minimum absolute atomic E-state index is 0.284. The van der Waals surface area contributed by atoms with Crippen LogP contribution in [0.3, 0.4) is 0 Å². The summed E-state index contributed by atoms with van der Waals surface area (Å²) in [7, 11) is 0. The Morgan fingerprint density at radius 1 is 1.20 bits per heavy atom. The standard InChI is InChI=1S/C13H17NO/c1-11-2-4-13(5-3-11)14-8-6-12(10-15)7-9-14/h2-5,10,12H,6-9H2,1H3. The van der Waals surface area contributed by atoms with Gasteiger partial charge in [-0.2, -0.15) is 0 Å². The molecule has 0 aromatic heterocycles. The molecular weight excluding hydrogens is 186 g/mol. The van der Waals surface area contributed by atoms with Gasteiger partial charge in [0.15, 0.2) is 0 Å². The lowest BCUT2D eigenvalue weighted by Crippen LogP contribution is -2.33. The Balaban J connectivity index is 2.01. The van der Waals surface area contributed by atoms with Crippen molar-refractivity contribution in [3.8, 4) is 0 Å². The molecule has 0 radical (unpaired) electrons. The zero-order chi connectivity index (χ0) is 10.7. The molecule has 1 aromatic carbocycles. The average molecular weight is 203 g/mol. The van der Waals surface area contributed by atoms with Crippen LogP contribution in [-0.4, -0.2) is 19.4 Å². The second kappa shape index (κ2) is 4.47. The number of nitrogens with zero attached hydrogens (tertiary/aromatic N) is 1. The van der Waals surface area contributed by atoms with Gasteiger partial charge >= 0.3 is 0 Å². The number of anilines is 1. The van der Waals surface area contributed by atoms with Gasteiger partial charge in [0.1, 0.15) is 6.29 Å². The lowest BCUT2D eigenvalue weighted by molar-refractivity contribution is -0.111. The number of aryl methyl sites for hydroxylation is 1. The molecule has 0 amide bonds. The Kier molecular flexibility index (Phi) is 3.05. The fraction of sp³-hybridized carbons (Fsp3) is 0.462. The van der Waals surface area contributed by atoms with Gasteiger partial charge in [0, 0.05) is 24.7 Å². The number of benzene rings is 1. The van der Waals surface area contributed by atoms with Crippen LogP contribution in [0.25, 0.3) is 0 Å². The van der Waals surface area contributed by atoms with Crippen molar-refractivity contribution >= 4 is 12.0 Å². The van der Waals surface area contributed by atoms with E-state index in [0.29, 0.717) is 0 Å². The molecule has 80 valence electrons. The van der Waals surface area contributed by atoms with Crippen molar-refractivity contribution in [2.45, 2.75) is 19.8 Å². The van der Waals surface area contributed by atoms with Crippen molar-refractivity contribution in [3.63, 3.8) is 0 Å². The van der Waals surface area contributed by atoms with Gasteiger partial charge < -0.3 is 9.69 Å². The molecule has 0 atom stereocenters. The Bertz CT molecular complexity index is 323. The summed E-state index contributed by atoms with van der Waals surface area (Å²) in [6, 6.07) is 8.61. The maximum atomic E-state index is 10.6. The van der Waals surface area contributed by atoms with Crippen LogP contribution in [0.4, 0.5) is 5.69 Å². The first kappa shape index (κ1) is 10.2. The first-order chi connectivity index (χ1) is 7.29. The molecule has 1 aliphatic heterocycles. The summed E-state index contributed by atoms with van der Waals surface area (Å²) < 4.78 is 0. The molecule has 2 rings (SSSR count). The van der Waals surface area contributed by atoms with Gasteiger partial charge in [0.25, 0.3) is 0 Å². The highest BCUT2D eigenvalue weighted by Gasteiger charge is 2.18. The van der Waals surface area contributed by atoms with Crippen LogP contribution < -0.4 is 4.90 Å². The summed E-state index contributed by atoms with van der Waals surface area (Å²) >= 11 is 0. The normalized spacial score (nSPS) is 17.8. The van der Waals surface area contributed by atoms with E-state index in [1.807, 2.05) is 0 Å². The number of piperidine rings is 1. The maximum Gasteiger partial charge on any atom is 0.123 e. The fourth-order valence-corrected chi connectivity index (χ4v) is 2.05. The van der Waals surface area contributed by atoms with Crippen LogP contribution in [0, 0.1) is 12.8 Å². The van der Waals surface area contributed by atoms with Crippen molar-refractivity contribution in [2.75, 3.05) is 18.0 Å². The minimum atomic E-state index is 0.284. The lowest BCUT2D eigenvalue weighted by Gasteiger charge is -2.31. The Labute approximate surface area is 90.9 Å². The van der Waals surface area contributed by atoms with Crippen LogP contribution in [0.15, 0.2) is 24.3 Å². The van der Waals surface area contributed by atoms with Crippen LogP contribution in [0.2, 0.25) is 0 Å². The van der Waals surface area contributed by atoms with E-state index < -0.39 is 0 Å². The highest BCUT2D eigenvalue weighted by molar-refractivity contribution is 5.55. The summed E-state index contributed by atoms with van der Waals surface area (Å²) in [6.07, 6.45) is 3.10. The third-order valence-corrected chi connectivity index (χ3v) is 3.13. The second-order valence-electron chi connectivity index (χ2n) is 4.30. The van der Waals surface area contributed by atoms with Gasteiger partial charge in [0.05, 0.1) is 0 Å². The zero-order valence-corrected chi connectivity index (χ0v) is 9.15. The number of hydrogen-bond donors (Lipinski definition) is 0. The molecular formula is C13H17NO. The number of hydrogen-bond acceptors (Lipinski definition) is 2. The average Bonchev–Trinajstić information content (AvgIpc) is 2.30. The molecule has 0 aliphatic carbocycles. The summed E-state index contributed by atoms with van der Waals surface area (Å²) in [6.45, 7) is 4.11. The van der Waals surface area contributed by atoms with Gasteiger partial charge in [-0.3, -0.25) is 0 Å². The second-order valence-corrected chi connectivity index (χ2v) is 4.30. The summed E-state index contributed by atoms with van der Waals surface area (Å²) in [5.41, 5.74) is 2.58. The molecule has 1 aliphatic rings. The van der Waals surface area contributed by atoms with Crippen molar-refractivity contribution in [2.24, 2.45) is 5.92 Å². The molecule has 1 heterocycles. The smallest absolute Gasteiger partial charge is 0.123 e. The first-order valence-corrected chi connectivity index (χ1v) is 5.56. The summed E-state index contributed by atoms with van der Waals surface area (Å²) in [5.74, 6) is 0.284. The maximum absolute atomic E-state index is 10.6. The van der Waals surface area contributed by atoms with Crippen LogP contribution >= 0.6 is 0 Å². The van der Waals surface area contributed by atoms with Gasteiger partial charge in [0.2, 0.25) is 0 Å². The number of aldehydes is 1. The molecule has 1 fully saturated rings. The lowest BCUT2D eigenvalue weighted by atomic mass is 9.98. The van der Waals surface area contributed by atoms with Gasteiger partial charge in [-0.05, 0) is 31.9 Å². The van der Waals surface area contributed by atoms with Crippen LogP contribution in [-0.2, 0) is 4.79 Å². The van der Waals surface area contributed by atoms with E-state index in [1.165, 1.54) is 11.3 Å². The van der Waals surface area contributed by atoms with E-state index >= 15 is 0 Å². The molecule has 0 spiro atoms. The van der Waals surface area contributed by atoms with E-state index in [-0.39, 0.29) is 5.92 Å². The van der Waals surface area contributed by atoms with Gasteiger partial charge in [-0.25, -0.2) is 0 Å².